The SMILES string of the molecule is C[C@@H]1CN(C(=O)c2cccc(-c3ncc[nH]3)c2)CC[C@@]1(O)C1CCOCC1. The maximum atomic E-state index is 13.0. The Kier molecular flexibility index (Phi) is 5.02. The van der Waals surface area contributed by atoms with Gasteiger partial charge in [-0.15, -0.1) is 0 Å². The second-order valence-corrected chi connectivity index (χ2v) is 7.80. The third-order valence-electron chi connectivity index (χ3n) is 6.23. The normalized spacial score (nSPS) is 26.9. The predicted molar refractivity (Wildman–Crippen MR) is 102 cm³/mol. The van der Waals surface area contributed by atoms with Crippen LogP contribution in [0.1, 0.15) is 36.5 Å². The number of aromatic nitrogens is 2. The Morgan fingerprint density at radius 1 is 1.37 bits per heavy atom. The van der Waals surface area contributed by atoms with E-state index < -0.39 is 5.60 Å². The molecule has 2 fully saturated rings. The lowest BCUT2D eigenvalue weighted by Crippen LogP contribution is -2.56. The van der Waals surface area contributed by atoms with Crippen LogP contribution >= 0.6 is 0 Å². The van der Waals surface area contributed by atoms with Gasteiger partial charge in [0.05, 0.1) is 5.60 Å². The van der Waals surface area contributed by atoms with E-state index in [1.54, 1.807) is 12.4 Å². The molecule has 2 N–H and O–H groups in total. The number of likely N-dealkylation sites (tertiary alicyclic amines) is 1. The molecular weight excluding hydrogens is 342 g/mol. The van der Waals surface area contributed by atoms with Crippen LogP contribution in [-0.2, 0) is 4.74 Å². The second kappa shape index (κ2) is 7.44. The average Bonchev–Trinajstić information content (AvgIpc) is 3.25. The number of imidazole rings is 1. The standard InChI is InChI=1S/C21H27N3O3/c1-15-14-24(10-7-21(15,26)18-5-11-27-12-6-18)20(25)17-4-2-3-16(13-17)19-22-8-9-23-19/h2-4,8-9,13,15,18,26H,5-7,10-12,14H2,1H3,(H,22,23)/t15-,21+/m1/s1. The quantitative estimate of drug-likeness (QED) is 0.872. The van der Waals surface area contributed by atoms with Gasteiger partial charge < -0.3 is 19.7 Å². The van der Waals surface area contributed by atoms with Crippen LogP contribution in [0.25, 0.3) is 11.4 Å². The first-order valence-electron chi connectivity index (χ1n) is 9.77. The minimum atomic E-state index is -0.698. The molecule has 0 saturated carbocycles. The molecule has 0 bridgehead atoms. The molecule has 0 spiro atoms. The number of hydrogen-bond acceptors (Lipinski definition) is 4. The number of hydrogen-bond donors (Lipinski definition) is 2. The molecule has 27 heavy (non-hydrogen) atoms. The highest BCUT2D eigenvalue weighted by molar-refractivity contribution is 5.95. The van der Waals surface area contributed by atoms with E-state index in [1.807, 2.05) is 29.2 Å². The molecule has 1 aromatic heterocycles. The van der Waals surface area contributed by atoms with Gasteiger partial charge in [-0.25, -0.2) is 4.98 Å². The van der Waals surface area contributed by atoms with Crippen molar-refractivity contribution in [2.75, 3.05) is 26.3 Å². The summed E-state index contributed by atoms with van der Waals surface area (Å²) in [6.07, 6.45) is 5.91. The number of benzene rings is 1. The zero-order valence-corrected chi connectivity index (χ0v) is 15.7. The van der Waals surface area contributed by atoms with Crippen LogP contribution < -0.4 is 0 Å². The highest BCUT2D eigenvalue weighted by Gasteiger charge is 2.46. The van der Waals surface area contributed by atoms with Crippen LogP contribution in [0, 0.1) is 11.8 Å². The van der Waals surface area contributed by atoms with E-state index >= 15 is 0 Å². The van der Waals surface area contributed by atoms with Gasteiger partial charge >= 0.3 is 0 Å². The summed E-state index contributed by atoms with van der Waals surface area (Å²) >= 11 is 0. The van der Waals surface area contributed by atoms with Crippen LogP contribution in [0.5, 0.6) is 0 Å². The summed E-state index contributed by atoms with van der Waals surface area (Å²) in [6, 6.07) is 7.55. The molecule has 144 valence electrons. The minimum absolute atomic E-state index is 0.0179. The van der Waals surface area contributed by atoms with E-state index in [-0.39, 0.29) is 17.7 Å². The molecule has 0 aliphatic carbocycles. The number of carbonyl (C=O) groups is 1. The van der Waals surface area contributed by atoms with Crippen molar-refractivity contribution in [3.05, 3.63) is 42.2 Å². The van der Waals surface area contributed by atoms with Crippen LogP contribution in [0.3, 0.4) is 0 Å². The van der Waals surface area contributed by atoms with Gasteiger partial charge in [-0.3, -0.25) is 4.79 Å². The Labute approximate surface area is 159 Å². The Morgan fingerprint density at radius 3 is 2.89 bits per heavy atom. The van der Waals surface area contributed by atoms with Gasteiger partial charge in [-0.05, 0) is 37.3 Å². The van der Waals surface area contributed by atoms with Gasteiger partial charge in [-0.1, -0.05) is 19.1 Å². The predicted octanol–water partition coefficient (Wildman–Crippen LogP) is 2.72. The zero-order valence-electron chi connectivity index (χ0n) is 15.7. The lowest BCUT2D eigenvalue weighted by atomic mass is 9.70. The third-order valence-corrected chi connectivity index (χ3v) is 6.23. The molecule has 6 heteroatoms. The van der Waals surface area contributed by atoms with E-state index in [1.165, 1.54) is 0 Å². The number of piperidine rings is 1. The number of aromatic amines is 1. The van der Waals surface area contributed by atoms with Crippen molar-refractivity contribution in [1.29, 1.82) is 0 Å². The van der Waals surface area contributed by atoms with E-state index in [2.05, 4.69) is 16.9 Å². The number of H-pyrrole nitrogens is 1. The molecule has 0 radical (unpaired) electrons. The van der Waals surface area contributed by atoms with Gasteiger partial charge in [0.1, 0.15) is 5.82 Å². The molecule has 4 rings (SSSR count). The molecular formula is C21H27N3O3. The maximum Gasteiger partial charge on any atom is 0.253 e. The fourth-order valence-electron chi connectivity index (χ4n) is 4.53. The summed E-state index contributed by atoms with van der Waals surface area (Å²) < 4.78 is 5.45. The number of nitrogens with one attached hydrogen (secondary N) is 1. The Balaban J connectivity index is 1.47. The van der Waals surface area contributed by atoms with Crippen molar-refractivity contribution in [2.24, 2.45) is 11.8 Å². The first kappa shape index (κ1) is 18.2. The van der Waals surface area contributed by atoms with Crippen molar-refractivity contribution in [3.8, 4) is 11.4 Å². The third kappa shape index (κ3) is 3.51. The summed E-state index contributed by atoms with van der Waals surface area (Å²) in [7, 11) is 0. The minimum Gasteiger partial charge on any atom is -0.389 e. The molecule has 2 aliphatic rings. The van der Waals surface area contributed by atoms with Crippen LogP contribution in [0.2, 0.25) is 0 Å². The molecule has 0 unspecified atom stereocenters. The molecule has 2 atom stereocenters. The van der Waals surface area contributed by atoms with E-state index in [0.717, 1.165) is 37.4 Å². The van der Waals surface area contributed by atoms with E-state index in [0.29, 0.717) is 25.1 Å². The number of aliphatic hydroxyl groups is 1. The van der Waals surface area contributed by atoms with Crippen LogP contribution in [-0.4, -0.2) is 57.8 Å². The number of amides is 1. The van der Waals surface area contributed by atoms with Crippen molar-refractivity contribution in [1.82, 2.24) is 14.9 Å². The molecule has 2 saturated heterocycles. The van der Waals surface area contributed by atoms with Crippen molar-refractivity contribution >= 4 is 5.91 Å². The summed E-state index contributed by atoms with van der Waals surface area (Å²) in [5.74, 6) is 1.09. The zero-order chi connectivity index (χ0) is 18.9. The van der Waals surface area contributed by atoms with Gasteiger partial charge in [0.25, 0.3) is 5.91 Å². The highest BCUT2D eigenvalue weighted by atomic mass is 16.5. The van der Waals surface area contributed by atoms with Gasteiger partial charge in [-0.2, -0.15) is 0 Å². The van der Waals surface area contributed by atoms with E-state index in [4.69, 9.17) is 4.74 Å². The first-order chi connectivity index (χ1) is 13.1. The smallest absolute Gasteiger partial charge is 0.253 e. The number of ether oxygens (including phenoxy) is 1. The lowest BCUT2D eigenvalue weighted by Gasteiger charge is -2.48. The van der Waals surface area contributed by atoms with Gasteiger partial charge in [0, 0.05) is 55.7 Å². The van der Waals surface area contributed by atoms with Gasteiger partial charge in [0.15, 0.2) is 0 Å². The lowest BCUT2D eigenvalue weighted by molar-refractivity contribution is -0.125. The van der Waals surface area contributed by atoms with Crippen molar-refractivity contribution in [2.45, 2.75) is 31.8 Å². The van der Waals surface area contributed by atoms with Crippen molar-refractivity contribution < 1.29 is 14.6 Å². The second-order valence-electron chi connectivity index (χ2n) is 7.80. The Morgan fingerprint density at radius 2 is 2.19 bits per heavy atom. The summed E-state index contributed by atoms with van der Waals surface area (Å²) in [4.78, 5) is 22.3. The Hall–Kier alpha value is -2.18. The fraction of sp³-hybridized carbons (Fsp3) is 0.524. The molecule has 2 aliphatic heterocycles. The average molecular weight is 369 g/mol. The number of rotatable bonds is 3. The number of nitrogens with zero attached hydrogens (tertiary/aromatic N) is 2. The topological polar surface area (TPSA) is 78.5 Å². The maximum absolute atomic E-state index is 13.0. The summed E-state index contributed by atoms with van der Waals surface area (Å²) in [5, 5.41) is 11.3. The Bertz CT molecular complexity index is 786. The highest BCUT2D eigenvalue weighted by Crippen LogP contribution is 2.39. The van der Waals surface area contributed by atoms with Crippen LogP contribution in [0.15, 0.2) is 36.7 Å². The summed E-state index contributed by atoms with van der Waals surface area (Å²) in [5.41, 5.74) is 0.860. The first-order valence-corrected chi connectivity index (χ1v) is 9.77. The molecule has 1 amide bonds. The molecule has 1 aromatic carbocycles. The monoisotopic (exact) mass is 369 g/mol. The number of carbonyl (C=O) groups excluding carboxylic acids is 1. The molecule has 3 heterocycles. The summed E-state index contributed by atoms with van der Waals surface area (Å²) in [6.45, 7) is 4.68. The molecule has 2 aromatic rings. The van der Waals surface area contributed by atoms with Crippen LogP contribution in [0.4, 0.5) is 0 Å². The molecule has 6 nitrogen and oxygen atoms in total. The van der Waals surface area contributed by atoms with Crippen molar-refractivity contribution in [3.63, 3.8) is 0 Å². The van der Waals surface area contributed by atoms with E-state index in [9.17, 15) is 9.90 Å². The fourth-order valence-corrected chi connectivity index (χ4v) is 4.53. The largest absolute Gasteiger partial charge is 0.389 e. The van der Waals surface area contributed by atoms with Gasteiger partial charge in [0.2, 0.25) is 0 Å².